The van der Waals surface area contributed by atoms with E-state index in [1.54, 1.807) is 0 Å². The first-order valence-electron chi connectivity index (χ1n) is 9.75. The molecule has 5 nitrogen and oxygen atoms in total. The van der Waals surface area contributed by atoms with E-state index in [-0.39, 0.29) is 0 Å². The molecule has 5 rings (SSSR count). The predicted octanol–water partition coefficient (Wildman–Crippen LogP) is 5.01. The number of hydrogen-bond acceptors (Lipinski definition) is 4. The summed E-state index contributed by atoms with van der Waals surface area (Å²) >= 11 is 12.6. The summed E-state index contributed by atoms with van der Waals surface area (Å²) in [5.74, 6) is 2.84. The van der Waals surface area contributed by atoms with Gasteiger partial charge >= 0.3 is 0 Å². The number of fused-ring (bicyclic) bond motifs is 3. The molecule has 2 aliphatic rings. The lowest BCUT2D eigenvalue weighted by Gasteiger charge is -2.28. The molecule has 0 bridgehead atoms. The van der Waals surface area contributed by atoms with Gasteiger partial charge in [-0.05, 0) is 61.6 Å². The highest BCUT2D eigenvalue weighted by Crippen LogP contribution is 2.42. The summed E-state index contributed by atoms with van der Waals surface area (Å²) in [4.78, 5) is 4.52. The van der Waals surface area contributed by atoms with E-state index in [1.165, 1.54) is 5.56 Å². The van der Waals surface area contributed by atoms with Crippen LogP contribution in [0.4, 0.5) is 0 Å². The second kappa shape index (κ2) is 7.47. The molecule has 0 unspecified atom stereocenters. The molecular weight excluding hydrogens is 393 g/mol. The third-order valence-corrected chi connectivity index (χ3v) is 6.46. The Hall–Kier alpha value is -1.95. The molecule has 0 atom stereocenters. The maximum atomic E-state index is 6.37. The zero-order chi connectivity index (χ0) is 19.1. The second-order valence-electron chi connectivity index (χ2n) is 7.61. The standard InChI is InChI=1S/C21H21Cl2N5/c22-16-7-8-18-15(10-16)11-24-12-19-26-27-21(28(18)19)14-5-3-13(4-6-14)20-17(23)2-1-9-25-20/h1-2,7-10,13-14,24H,3-6,11-12H2. The van der Waals surface area contributed by atoms with Crippen LogP contribution in [0, 0.1) is 0 Å². The van der Waals surface area contributed by atoms with Crippen LogP contribution in [0.2, 0.25) is 10.0 Å². The summed E-state index contributed by atoms with van der Waals surface area (Å²) in [6, 6.07) is 9.88. The lowest BCUT2D eigenvalue weighted by Crippen LogP contribution is -2.17. The van der Waals surface area contributed by atoms with Crippen LogP contribution in [0.3, 0.4) is 0 Å². The lowest BCUT2D eigenvalue weighted by molar-refractivity contribution is 0.377. The van der Waals surface area contributed by atoms with E-state index in [1.807, 2.05) is 30.5 Å². The van der Waals surface area contributed by atoms with E-state index in [2.05, 4.69) is 31.1 Å². The number of benzene rings is 1. The molecule has 1 aliphatic heterocycles. The van der Waals surface area contributed by atoms with Gasteiger partial charge in [-0.15, -0.1) is 10.2 Å². The summed E-state index contributed by atoms with van der Waals surface area (Å²) in [5, 5.41) is 14.1. The molecule has 1 N–H and O–H groups in total. The normalized spacial score (nSPS) is 21.6. The Morgan fingerprint density at radius 3 is 2.61 bits per heavy atom. The van der Waals surface area contributed by atoms with Gasteiger partial charge in [-0.1, -0.05) is 23.2 Å². The molecular formula is C21H21Cl2N5. The number of aromatic nitrogens is 4. The van der Waals surface area contributed by atoms with Crippen LogP contribution < -0.4 is 5.32 Å². The van der Waals surface area contributed by atoms with Gasteiger partial charge < -0.3 is 5.32 Å². The van der Waals surface area contributed by atoms with Gasteiger partial charge in [0, 0.05) is 29.6 Å². The quantitative estimate of drug-likeness (QED) is 0.640. The van der Waals surface area contributed by atoms with Crippen molar-refractivity contribution in [2.45, 2.75) is 50.6 Å². The number of nitrogens with zero attached hydrogens (tertiary/aromatic N) is 4. The van der Waals surface area contributed by atoms with Crippen molar-refractivity contribution in [1.29, 1.82) is 0 Å². The summed E-state index contributed by atoms with van der Waals surface area (Å²) < 4.78 is 2.24. The van der Waals surface area contributed by atoms with Crippen LogP contribution in [0.25, 0.3) is 5.69 Å². The van der Waals surface area contributed by atoms with Gasteiger partial charge in [0.05, 0.1) is 22.9 Å². The van der Waals surface area contributed by atoms with Gasteiger partial charge in [-0.3, -0.25) is 9.55 Å². The largest absolute Gasteiger partial charge is 0.306 e. The number of pyridine rings is 1. The van der Waals surface area contributed by atoms with E-state index in [4.69, 9.17) is 23.2 Å². The minimum atomic E-state index is 0.390. The first-order chi connectivity index (χ1) is 13.7. The molecule has 0 radical (unpaired) electrons. The van der Waals surface area contributed by atoms with Crippen molar-refractivity contribution in [2.24, 2.45) is 0 Å². The Kier molecular flexibility index (Phi) is 4.83. The van der Waals surface area contributed by atoms with Gasteiger partial charge in [0.15, 0.2) is 5.82 Å². The lowest BCUT2D eigenvalue weighted by atomic mass is 9.80. The van der Waals surface area contributed by atoms with Crippen molar-refractivity contribution in [2.75, 3.05) is 0 Å². The minimum Gasteiger partial charge on any atom is -0.306 e. The Labute approximate surface area is 174 Å². The van der Waals surface area contributed by atoms with Gasteiger partial charge in [0.25, 0.3) is 0 Å². The van der Waals surface area contributed by atoms with Gasteiger partial charge in [-0.25, -0.2) is 0 Å². The number of nitrogens with one attached hydrogen (secondary N) is 1. The van der Waals surface area contributed by atoms with E-state index in [0.717, 1.165) is 65.3 Å². The molecule has 7 heteroatoms. The Balaban J connectivity index is 1.43. The molecule has 3 heterocycles. The van der Waals surface area contributed by atoms with E-state index >= 15 is 0 Å². The second-order valence-corrected chi connectivity index (χ2v) is 8.45. The molecule has 144 valence electrons. The summed E-state index contributed by atoms with van der Waals surface area (Å²) in [5.41, 5.74) is 3.35. The summed E-state index contributed by atoms with van der Waals surface area (Å²) in [6.07, 6.45) is 6.09. The molecule has 0 spiro atoms. The van der Waals surface area contributed by atoms with Crippen molar-refractivity contribution < 1.29 is 0 Å². The molecule has 1 fully saturated rings. The van der Waals surface area contributed by atoms with Crippen molar-refractivity contribution >= 4 is 23.2 Å². The Morgan fingerprint density at radius 1 is 0.964 bits per heavy atom. The summed E-state index contributed by atoms with van der Waals surface area (Å²) in [6.45, 7) is 1.49. The molecule has 28 heavy (non-hydrogen) atoms. The highest BCUT2D eigenvalue weighted by atomic mass is 35.5. The molecule has 2 aromatic heterocycles. The smallest absolute Gasteiger partial charge is 0.151 e. The first kappa shape index (κ1) is 18.1. The van der Waals surface area contributed by atoms with E-state index in [0.29, 0.717) is 18.4 Å². The van der Waals surface area contributed by atoms with Crippen molar-refractivity contribution in [3.63, 3.8) is 0 Å². The van der Waals surface area contributed by atoms with Crippen LogP contribution in [0.15, 0.2) is 36.5 Å². The Bertz CT molecular complexity index is 1010. The number of hydrogen-bond donors (Lipinski definition) is 1. The average Bonchev–Trinajstić information content (AvgIpc) is 3.04. The fourth-order valence-corrected chi connectivity index (χ4v) is 4.99. The fraction of sp³-hybridized carbons (Fsp3) is 0.381. The molecule has 0 saturated heterocycles. The summed E-state index contributed by atoms with van der Waals surface area (Å²) in [7, 11) is 0. The zero-order valence-electron chi connectivity index (χ0n) is 15.4. The highest BCUT2D eigenvalue weighted by molar-refractivity contribution is 6.31. The SMILES string of the molecule is Clc1ccc2c(c1)CNCc1nnc(C3CCC(c4ncccc4Cl)CC3)n1-2. The first-order valence-corrected chi connectivity index (χ1v) is 10.5. The van der Waals surface area contributed by atoms with Gasteiger partial charge in [0.2, 0.25) is 0 Å². The fourth-order valence-electron chi connectivity index (χ4n) is 4.52. The van der Waals surface area contributed by atoms with Crippen LogP contribution in [0.1, 0.15) is 60.4 Å². The van der Waals surface area contributed by atoms with E-state index < -0.39 is 0 Å². The third-order valence-electron chi connectivity index (χ3n) is 5.90. The topological polar surface area (TPSA) is 55.6 Å². The average molecular weight is 414 g/mol. The molecule has 1 saturated carbocycles. The highest BCUT2D eigenvalue weighted by Gasteiger charge is 2.30. The van der Waals surface area contributed by atoms with Gasteiger partial charge in [-0.2, -0.15) is 0 Å². The van der Waals surface area contributed by atoms with Crippen LogP contribution in [-0.2, 0) is 13.1 Å². The van der Waals surface area contributed by atoms with Gasteiger partial charge in [0.1, 0.15) is 5.82 Å². The molecule has 0 amide bonds. The zero-order valence-corrected chi connectivity index (χ0v) is 16.9. The molecule has 1 aromatic carbocycles. The monoisotopic (exact) mass is 413 g/mol. The maximum Gasteiger partial charge on any atom is 0.151 e. The van der Waals surface area contributed by atoms with Crippen LogP contribution in [0.5, 0.6) is 0 Å². The van der Waals surface area contributed by atoms with Crippen LogP contribution in [-0.4, -0.2) is 19.7 Å². The van der Waals surface area contributed by atoms with Crippen molar-refractivity contribution in [3.05, 3.63) is 69.5 Å². The maximum absolute atomic E-state index is 6.37. The van der Waals surface area contributed by atoms with Crippen molar-refractivity contribution in [1.82, 2.24) is 25.1 Å². The third kappa shape index (κ3) is 3.21. The number of halogens is 2. The van der Waals surface area contributed by atoms with E-state index in [9.17, 15) is 0 Å². The molecule has 1 aliphatic carbocycles. The minimum absolute atomic E-state index is 0.390. The predicted molar refractivity (Wildman–Crippen MR) is 110 cm³/mol. The Morgan fingerprint density at radius 2 is 1.79 bits per heavy atom. The van der Waals surface area contributed by atoms with Crippen LogP contribution >= 0.6 is 23.2 Å². The molecule has 3 aromatic rings. The van der Waals surface area contributed by atoms with Crippen molar-refractivity contribution in [3.8, 4) is 5.69 Å². The number of rotatable bonds is 2.